The molecule has 0 aliphatic rings. The number of aliphatic hydroxyl groups is 1. The highest BCUT2D eigenvalue weighted by Gasteiger charge is 2.19. The van der Waals surface area contributed by atoms with Gasteiger partial charge >= 0.3 is 0 Å². The van der Waals surface area contributed by atoms with Crippen molar-refractivity contribution in [1.29, 1.82) is 0 Å². The molecule has 23 heavy (non-hydrogen) atoms. The topological polar surface area (TPSA) is 52.6 Å². The number of carbonyl (C=O) groups excluding carboxylic acids is 1. The van der Waals surface area contributed by atoms with Crippen molar-refractivity contribution >= 4 is 11.6 Å². The van der Waals surface area contributed by atoms with E-state index >= 15 is 0 Å². The molecule has 0 radical (unpaired) electrons. The number of hydrogen-bond donors (Lipinski definition) is 2. The molecule has 2 N–H and O–H groups in total. The molecule has 0 aliphatic heterocycles. The van der Waals surface area contributed by atoms with Gasteiger partial charge in [-0.1, -0.05) is 12.1 Å². The Morgan fingerprint density at radius 1 is 1.09 bits per heavy atom. The molecule has 0 spiro atoms. The molecule has 2 atom stereocenters. The quantitative estimate of drug-likeness (QED) is 0.892. The van der Waals surface area contributed by atoms with E-state index < -0.39 is 12.1 Å². The maximum atomic E-state index is 12.9. The number of carbonyl (C=O) groups is 1. The molecular formula is C18H21FN2O2. The predicted molar refractivity (Wildman–Crippen MR) is 89.1 cm³/mol. The third-order valence-corrected chi connectivity index (χ3v) is 3.69. The van der Waals surface area contributed by atoms with Gasteiger partial charge in [0.1, 0.15) is 5.82 Å². The van der Waals surface area contributed by atoms with Crippen molar-refractivity contribution in [1.82, 2.24) is 5.32 Å². The van der Waals surface area contributed by atoms with Crippen molar-refractivity contribution < 1.29 is 14.3 Å². The van der Waals surface area contributed by atoms with Gasteiger partial charge in [0.2, 0.25) is 0 Å². The monoisotopic (exact) mass is 316 g/mol. The van der Waals surface area contributed by atoms with Crippen LogP contribution in [0.3, 0.4) is 0 Å². The maximum absolute atomic E-state index is 12.9. The highest BCUT2D eigenvalue weighted by molar-refractivity contribution is 5.94. The summed E-state index contributed by atoms with van der Waals surface area (Å²) in [6, 6.07) is 12.3. The Morgan fingerprint density at radius 3 is 2.17 bits per heavy atom. The van der Waals surface area contributed by atoms with E-state index in [4.69, 9.17) is 0 Å². The standard InChI is InChI=1S/C18H21FN2O2/c1-12(17(22)13-4-8-15(19)9-5-13)20-18(23)14-6-10-16(11-7-14)21(2)3/h4-12,17,22H,1-3H3,(H,20,23)/t12-,17+/m1/s1. The average molecular weight is 316 g/mol. The number of aliphatic hydroxyl groups excluding tert-OH is 1. The normalized spacial score (nSPS) is 13.3. The fourth-order valence-electron chi connectivity index (χ4n) is 2.23. The zero-order chi connectivity index (χ0) is 17.0. The van der Waals surface area contributed by atoms with E-state index in [1.54, 1.807) is 19.1 Å². The van der Waals surface area contributed by atoms with E-state index in [2.05, 4.69) is 5.32 Å². The zero-order valence-corrected chi connectivity index (χ0v) is 13.5. The fraction of sp³-hybridized carbons (Fsp3) is 0.278. The molecule has 0 unspecified atom stereocenters. The Labute approximate surface area is 135 Å². The van der Waals surface area contributed by atoms with E-state index in [0.717, 1.165) is 5.69 Å². The Hall–Kier alpha value is -2.40. The largest absolute Gasteiger partial charge is 0.386 e. The summed E-state index contributed by atoms with van der Waals surface area (Å²) in [4.78, 5) is 14.2. The summed E-state index contributed by atoms with van der Waals surface area (Å²) < 4.78 is 12.9. The van der Waals surface area contributed by atoms with Crippen molar-refractivity contribution in [3.63, 3.8) is 0 Å². The molecule has 2 aromatic carbocycles. The van der Waals surface area contributed by atoms with E-state index in [9.17, 15) is 14.3 Å². The molecule has 0 aromatic heterocycles. The van der Waals surface area contributed by atoms with Crippen LogP contribution >= 0.6 is 0 Å². The van der Waals surface area contributed by atoms with Crippen molar-refractivity contribution in [2.75, 3.05) is 19.0 Å². The minimum Gasteiger partial charge on any atom is -0.386 e. The van der Waals surface area contributed by atoms with Gasteiger partial charge in [-0.3, -0.25) is 4.79 Å². The van der Waals surface area contributed by atoms with Crippen LogP contribution < -0.4 is 10.2 Å². The maximum Gasteiger partial charge on any atom is 0.251 e. The highest BCUT2D eigenvalue weighted by Crippen LogP contribution is 2.18. The van der Waals surface area contributed by atoms with Gasteiger partial charge in [0.15, 0.2) is 0 Å². The lowest BCUT2D eigenvalue weighted by molar-refractivity contribution is 0.0852. The molecule has 2 rings (SSSR count). The van der Waals surface area contributed by atoms with Gasteiger partial charge in [0, 0.05) is 25.3 Å². The Kier molecular flexibility index (Phi) is 5.34. The third kappa shape index (κ3) is 4.29. The minimum absolute atomic E-state index is 0.260. The van der Waals surface area contributed by atoms with Crippen LogP contribution in [0, 0.1) is 5.82 Å². The summed E-state index contributed by atoms with van der Waals surface area (Å²) >= 11 is 0. The lowest BCUT2D eigenvalue weighted by atomic mass is 10.0. The van der Waals surface area contributed by atoms with Crippen LogP contribution in [-0.2, 0) is 0 Å². The van der Waals surface area contributed by atoms with Gasteiger partial charge in [0.05, 0.1) is 12.1 Å². The Bertz CT molecular complexity index is 654. The number of anilines is 1. The highest BCUT2D eigenvalue weighted by atomic mass is 19.1. The van der Waals surface area contributed by atoms with Gasteiger partial charge in [-0.05, 0) is 48.9 Å². The summed E-state index contributed by atoms with van der Waals surface area (Å²) in [7, 11) is 3.85. The van der Waals surface area contributed by atoms with Gasteiger partial charge in [0.25, 0.3) is 5.91 Å². The smallest absolute Gasteiger partial charge is 0.251 e. The third-order valence-electron chi connectivity index (χ3n) is 3.69. The van der Waals surface area contributed by atoms with Crippen LogP contribution in [0.25, 0.3) is 0 Å². The van der Waals surface area contributed by atoms with Gasteiger partial charge < -0.3 is 15.3 Å². The van der Waals surface area contributed by atoms with Gasteiger partial charge in [-0.25, -0.2) is 4.39 Å². The summed E-state index contributed by atoms with van der Waals surface area (Å²) in [5.41, 5.74) is 2.08. The Morgan fingerprint density at radius 2 is 1.65 bits per heavy atom. The summed E-state index contributed by atoms with van der Waals surface area (Å²) in [6.07, 6.45) is -0.902. The lowest BCUT2D eigenvalue weighted by Crippen LogP contribution is -2.37. The predicted octanol–water partition coefficient (Wildman–Crippen LogP) is 2.74. The summed E-state index contributed by atoms with van der Waals surface area (Å²) in [5, 5.41) is 13.0. The fourth-order valence-corrected chi connectivity index (χ4v) is 2.23. The van der Waals surface area contributed by atoms with Crippen LogP contribution in [0.1, 0.15) is 28.9 Å². The number of benzene rings is 2. The lowest BCUT2D eigenvalue weighted by Gasteiger charge is -2.21. The van der Waals surface area contributed by atoms with E-state index in [1.807, 2.05) is 31.1 Å². The SMILES string of the molecule is C[C@@H](NC(=O)c1ccc(N(C)C)cc1)[C@H](O)c1ccc(F)cc1. The van der Waals surface area contributed by atoms with E-state index in [0.29, 0.717) is 11.1 Å². The number of amides is 1. The first-order chi connectivity index (χ1) is 10.9. The minimum atomic E-state index is -0.902. The first-order valence-electron chi connectivity index (χ1n) is 7.40. The van der Waals surface area contributed by atoms with E-state index in [1.165, 1.54) is 24.3 Å². The molecule has 2 aromatic rings. The van der Waals surface area contributed by atoms with Crippen LogP contribution in [0.5, 0.6) is 0 Å². The summed E-state index contributed by atoms with van der Waals surface area (Å²) in [6.45, 7) is 1.71. The van der Waals surface area contributed by atoms with Gasteiger partial charge in [-0.15, -0.1) is 0 Å². The van der Waals surface area contributed by atoms with Crippen LogP contribution in [0.2, 0.25) is 0 Å². The van der Waals surface area contributed by atoms with Crippen LogP contribution in [-0.4, -0.2) is 31.2 Å². The number of nitrogens with one attached hydrogen (secondary N) is 1. The molecule has 0 saturated carbocycles. The molecule has 122 valence electrons. The second-order valence-electron chi connectivity index (χ2n) is 5.70. The second kappa shape index (κ2) is 7.24. The van der Waals surface area contributed by atoms with Crippen molar-refractivity contribution in [2.24, 2.45) is 0 Å². The van der Waals surface area contributed by atoms with Crippen molar-refractivity contribution in [3.8, 4) is 0 Å². The van der Waals surface area contributed by atoms with Crippen molar-refractivity contribution in [3.05, 3.63) is 65.5 Å². The first-order valence-corrected chi connectivity index (χ1v) is 7.40. The molecule has 0 saturated heterocycles. The number of halogens is 1. The molecule has 4 nitrogen and oxygen atoms in total. The molecular weight excluding hydrogens is 295 g/mol. The molecule has 0 heterocycles. The first kappa shape index (κ1) is 17.0. The van der Waals surface area contributed by atoms with Crippen LogP contribution in [0.15, 0.2) is 48.5 Å². The molecule has 5 heteroatoms. The van der Waals surface area contributed by atoms with Gasteiger partial charge in [-0.2, -0.15) is 0 Å². The molecule has 0 fully saturated rings. The second-order valence-corrected chi connectivity index (χ2v) is 5.70. The molecule has 0 aliphatic carbocycles. The van der Waals surface area contributed by atoms with Crippen molar-refractivity contribution in [2.45, 2.75) is 19.1 Å². The summed E-state index contributed by atoms with van der Waals surface area (Å²) in [5.74, 6) is -0.623. The average Bonchev–Trinajstić information content (AvgIpc) is 2.54. The molecule has 1 amide bonds. The Balaban J connectivity index is 2.02. The number of rotatable bonds is 5. The number of hydrogen-bond acceptors (Lipinski definition) is 3. The number of nitrogens with zero attached hydrogens (tertiary/aromatic N) is 1. The van der Waals surface area contributed by atoms with E-state index in [-0.39, 0.29) is 11.7 Å². The van der Waals surface area contributed by atoms with Crippen LogP contribution in [0.4, 0.5) is 10.1 Å². The molecule has 0 bridgehead atoms. The zero-order valence-electron chi connectivity index (χ0n) is 13.5.